The third kappa shape index (κ3) is 3.56. The number of carbonyl (C=O) groups excluding carboxylic acids is 2. The highest BCUT2D eigenvalue weighted by molar-refractivity contribution is 5.90. The van der Waals surface area contributed by atoms with Crippen molar-refractivity contribution in [2.24, 2.45) is 34.5 Å². The van der Waals surface area contributed by atoms with Gasteiger partial charge in [-0.1, -0.05) is 56.3 Å². The number of nitrogens with one attached hydrogen (secondary N) is 2. The van der Waals surface area contributed by atoms with Gasteiger partial charge in [-0.15, -0.1) is 0 Å². The second-order valence-electron chi connectivity index (χ2n) is 11.5. The Balaban J connectivity index is 1.41. The van der Waals surface area contributed by atoms with Crippen molar-refractivity contribution in [1.29, 1.82) is 0 Å². The van der Waals surface area contributed by atoms with E-state index in [0.717, 1.165) is 38.3 Å². The normalized spacial score (nSPS) is 37.8. The topological polar surface area (TPSA) is 58.2 Å². The van der Waals surface area contributed by atoms with Crippen LogP contribution in [0.25, 0.3) is 0 Å². The zero-order chi connectivity index (χ0) is 25.2. The maximum atomic E-state index is 14.3. The maximum absolute atomic E-state index is 14.3. The minimum atomic E-state index is -4.63. The predicted octanol–water partition coefficient (Wildman–Crippen LogP) is 5.62. The molecular weight excluding hydrogens is 453 g/mol. The zero-order valence-corrected chi connectivity index (χ0v) is 20.4. The van der Waals surface area contributed by atoms with Crippen molar-refractivity contribution in [3.05, 3.63) is 59.8 Å². The summed E-state index contributed by atoms with van der Waals surface area (Å²) in [5, 5.41) is 5.45. The first kappa shape index (κ1) is 24.1. The third-order valence-electron chi connectivity index (χ3n) is 9.83. The van der Waals surface area contributed by atoms with Crippen LogP contribution in [0, 0.1) is 34.5 Å². The second-order valence-corrected chi connectivity index (χ2v) is 11.5. The van der Waals surface area contributed by atoms with Gasteiger partial charge >= 0.3 is 6.18 Å². The number of benzene rings is 1. The van der Waals surface area contributed by atoms with Crippen LogP contribution < -0.4 is 10.6 Å². The lowest BCUT2D eigenvalue weighted by molar-refractivity contribution is -0.199. The molecule has 1 aliphatic heterocycles. The van der Waals surface area contributed by atoms with E-state index in [-0.39, 0.29) is 28.2 Å². The SMILES string of the molecule is CC(NC(=O)[C@H]1CCC2C3CC=C4NC(=O)C=C[C@]4(C)C3CC[C@@]21C)(c1ccccc1)C(F)(F)F. The van der Waals surface area contributed by atoms with Crippen molar-refractivity contribution in [1.82, 2.24) is 10.6 Å². The molecule has 188 valence electrons. The van der Waals surface area contributed by atoms with Crippen molar-refractivity contribution < 1.29 is 22.8 Å². The van der Waals surface area contributed by atoms with Crippen LogP contribution in [0.4, 0.5) is 13.2 Å². The summed E-state index contributed by atoms with van der Waals surface area (Å²) in [5.41, 5.74) is -2.05. The Morgan fingerprint density at radius 3 is 2.49 bits per heavy atom. The highest BCUT2D eigenvalue weighted by Gasteiger charge is 2.61. The fourth-order valence-electron chi connectivity index (χ4n) is 7.70. The second kappa shape index (κ2) is 7.97. The molecule has 1 aromatic carbocycles. The molecule has 5 rings (SSSR count). The highest BCUT2D eigenvalue weighted by Crippen LogP contribution is 2.64. The summed E-state index contributed by atoms with van der Waals surface area (Å²) in [7, 11) is 0. The molecule has 0 bridgehead atoms. The Labute approximate surface area is 204 Å². The first-order chi connectivity index (χ1) is 16.4. The molecule has 4 aliphatic rings. The summed E-state index contributed by atoms with van der Waals surface area (Å²) in [6.45, 7) is 5.34. The van der Waals surface area contributed by atoms with Crippen molar-refractivity contribution in [3.8, 4) is 0 Å². The van der Waals surface area contributed by atoms with Crippen LogP contribution in [0.5, 0.6) is 0 Å². The van der Waals surface area contributed by atoms with Gasteiger partial charge in [-0.25, -0.2) is 0 Å². The smallest absolute Gasteiger partial charge is 0.338 e. The van der Waals surface area contributed by atoms with E-state index in [0.29, 0.717) is 18.3 Å². The van der Waals surface area contributed by atoms with E-state index >= 15 is 0 Å². The van der Waals surface area contributed by atoms with Gasteiger partial charge in [-0.2, -0.15) is 13.2 Å². The zero-order valence-electron chi connectivity index (χ0n) is 20.4. The minimum Gasteiger partial charge on any atom is -0.338 e. The number of fused-ring (bicyclic) bond motifs is 5. The van der Waals surface area contributed by atoms with Gasteiger partial charge in [0.2, 0.25) is 11.8 Å². The van der Waals surface area contributed by atoms with Crippen LogP contribution in [0.15, 0.2) is 54.3 Å². The van der Waals surface area contributed by atoms with E-state index in [1.54, 1.807) is 24.3 Å². The molecular formula is C28H33F3N2O2. The van der Waals surface area contributed by atoms with E-state index < -0.39 is 23.5 Å². The molecule has 2 N–H and O–H groups in total. The van der Waals surface area contributed by atoms with Gasteiger partial charge in [-0.05, 0) is 67.8 Å². The molecule has 4 nitrogen and oxygen atoms in total. The van der Waals surface area contributed by atoms with Crippen LogP contribution in [-0.2, 0) is 15.1 Å². The number of carbonyl (C=O) groups is 2. The van der Waals surface area contributed by atoms with Crippen LogP contribution in [0.3, 0.4) is 0 Å². The van der Waals surface area contributed by atoms with Crippen molar-refractivity contribution in [2.75, 3.05) is 0 Å². The lowest BCUT2D eigenvalue weighted by Gasteiger charge is -2.56. The molecule has 0 aromatic heterocycles. The molecule has 3 aliphatic carbocycles. The Morgan fingerprint density at radius 1 is 1.09 bits per heavy atom. The third-order valence-corrected chi connectivity index (χ3v) is 9.83. The van der Waals surface area contributed by atoms with E-state index in [1.165, 1.54) is 12.1 Å². The molecule has 1 heterocycles. The van der Waals surface area contributed by atoms with Crippen molar-refractivity contribution >= 4 is 11.8 Å². The van der Waals surface area contributed by atoms with Crippen LogP contribution in [-0.4, -0.2) is 18.0 Å². The number of hydrogen-bond donors (Lipinski definition) is 2. The molecule has 7 atom stereocenters. The first-order valence-corrected chi connectivity index (χ1v) is 12.6. The maximum Gasteiger partial charge on any atom is 0.415 e. The average molecular weight is 487 g/mol. The number of hydrogen-bond acceptors (Lipinski definition) is 2. The van der Waals surface area contributed by atoms with E-state index in [4.69, 9.17) is 0 Å². The summed E-state index contributed by atoms with van der Waals surface area (Å²) < 4.78 is 42.8. The number of amides is 2. The molecule has 0 spiro atoms. The first-order valence-electron chi connectivity index (χ1n) is 12.6. The van der Waals surface area contributed by atoms with Gasteiger partial charge in [-0.3, -0.25) is 9.59 Å². The van der Waals surface area contributed by atoms with Gasteiger partial charge in [0.05, 0.1) is 0 Å². The van der Waals surface area contributed by atoms with Crippen LogP contribution in [0.1, 0.15) is 58.4 Å². The Bertz CT molecular complexity index is 1100. The molecule has 1 aromatic rings. The van der Waals surface area contributed by atoms with Gasteiger partial charge in [0.15, 0.2) is 5.54 Å². The fourth-order valence-corrected chi connectivity index (χ4v) is 7.70. The molecule has 2 amide bonds. The van der Waals surface area contributed by atoms with Crippen molar-refractivity contribution in [2.45, 2.75) is 64.6 Å². The quantitative estimate of drug-likeness (QED) is 0.583. The summed E-state index contributed by atoms with van der Waals surface area (Å²) in [4.78, 5) is 25.4. The van der Waals surface area contributed by atoms with E-state index in [1.807, 2.05) is 6.08 Å². The van der Waals surface area contributed by atoms with Crippen LogP contribution in [0.2, 0.25) is 0 Å². The largest absolute Gasteiger partial charge is 0.415 e. The summed E-state index contributed by atoms with van der Waals surface area (Å²) in [6, 6.07) is 7.63. The van der Waals surface area contributed by atoms with Crippen LogP contribution >= 0.6 is 0 Å². The molecule has 0 saturated heterocycles. The van der Waals surface area contributed by atoms with Crippen molar-refractivity contribution in [3.63, 3.8) is 0 Å². The molecule has 7 heteroatoms. The van der Waals surface area contributed by atoms with Gasteiger partial charge in [0.1, 0.15) is 0 Å². The van der Waals surface area contributed by atoms with Gasteiger partial charge in [0, 0.05) is 23.1 Å². The Kier molecular flexibility index (Phi) is 5.50. The standard InChI is InChI=1S/C28H33F3N2O2/c1-25-15-13-20-18(9-12-22-26(20,2)16-14-23(34)32-22)19(25)10-11-21(25)24(35)33-27(3,28(29,30)31)17-7-5-4-6-8-17/h4-8,12,14,16,18-21H,9-11,13,15H2,1-3H3,(H,32,34)(H,33,35)/t18?,19?,20?,21-,25+,26-,27?/m1/s1. The lowest BCUT2D eigenvalue weighted by Crippen LogP contribution is -2.57. The molecule has 35 heavy (non-hydrogen) atoms. The van der Waals surface area contributed by atoms with Gasteiger partial charge in [0.25, 0.3) is 0 Å². The van der Waals surface area contributed by atoms with E-state index in [2.05, 4.69) is 30.6 Å². The molecule has 2 fully saturated rings. The summed E-state index contributed by atoms with van der Waals surface area (Å²) >= 11 is 0. The Hall–Kier alpha value is -2.57. The predicted molar refractivity (Wildman–Crippen MR) is 127 cm³/mol. The monoisotopic (exact) mass is 486 g/mol. The number of allylic oxidation sites excluding steroid dienone is 2. The Morgan fingerprint density at radius 2 is 1.80 bits per heavy atom. The highest BCUT2D eigenvalue weighted by atomic mass is 19.4. The summed E-state index contributed by atoms with van der Waals surface area (Å²) in [6.07, 6.45) is 5.04. The molecule has 0 radical (unpaired) electrons. The number of rotatable bonds is 3. The summed E-state index contributed by atoms with van der Waals surface area (Å²) in [5.74, 6) is -0.131. The number of halogens is 3. The van der Waals surface area contributed by atoms with Gasteiger partial charge < -0.3 is 10.6 Å². The minimum absolute atomic E-state index is 0.0354. The fraction of sp³-hybridized carbons (Fsp3) is 0.571. The lowest BCUT2D eigenvalue weighted by atomic mass is 9.50. The molecule has 4 unspecified atom stereocenters. The molecule has 2 saturated carbocycles. The van der Waals surface area contributed by atoms with E-state index in [9.17, 15) is 22.8 Å². The number of alkyl halides is 3. The average Bonchev–Trinajstić information content (AvgIpc) is 3.16.